The summed E-state index contributed by atoms with van der Waals surface area (Å²) in [5.41, 5.74) is -1.82. The van der Waals surface area contributed by atoms with Gasteiger partial charge in [0.25, 0.3) is 0 Å². The van der Waals surface area contributed by atoms with Crippen LogP contribution >= 0.6 is 0 Å². The Labute approximate surface area is 181 Å². The molecule has 0 amide bonds. The molecule has 2 unspecified atom stereocenters. The Morgan fingerprint density at radius 3 is 2.26 bits per heavy atom. The highest BCUT2D eigenvalue weighted by Crippen LogP contribution is 2.66. The van der Waals surface area contributed by atoms with Gasteiger partial charge in [0.05, 0.1) is 25.9 Å². The molecule has 0 radical (unpaired) electrons. The molecular weight excluding hydrogens is 412 g/mol. The summed E-state index contributed by atoms with van der Waals surface area (Å²) in [6.07, 6.45) is -6.45. The van der Waals surface area contributed by atoms with Gasteiger partial charge in [-0.15, -0.1) is 0 Å². The number of ether oxygens (including phenoxy) is 4. The zero-order valence-corrected chi connectivity index (χ0v) is 18.3. The molecule has 10 nitrogen and oxygen atoms in total. The van der Waals surface area contributed by atoms with Crippen molar-refractivity contribution in [1.82, 2.24) is 0 Å². The first-order valence-electron chi connectivity index (χ1n) is 11.0. The van der Waals surface area contributed by atoms with Crippen molar-refractivity contribution < 1.29 is 49.6 Å². The van der Waals surface area contributed by atoms with Gasteiger partial charge in [0.1, 0.15) is 36.1 Å². The van der Waals surface area contributed by atoms with Gasteiger partial charge in [0.2, 0.25) is 0 Å². The van der Waals surface area contributed by atoms with Gasteiger partial charge in [0.15, 0.2) is 12.6 Å². The van der Waals surface area contributed by atoms with Crippen LogP contribution in [0.3, 0.4) is 0 Å². The van der Waals surface area contributed by atoms with Gasteiger partial charge < -0.3 is 49.6 Å². The molecular formula is C21H36O10. The van der Waals surface area contributed by atoms with Crippen molar-refractivity contribution in [2.45, 2.75) is 94.8 Å². The van der Waals surface area contributed by atoms with Crippen LogP contribution in [0.2, 0.25) is 0 Å². The Balaban J connectivity index is 1.39. The van der Waals surface area contributed by atoms with E-state index in [0.717, 1.165) is 19.3 Å². The molecule has 0 aromatic carbocycles. The maximum absolute atomic E-state index is 10.5. The molecule has 4 fully saturated rings. The van der Waals surface area contributed by atoms with Gasteiger partial charge in [-0.1, -0.05) is 20.8 Å². The normalized spacial score (nSPS) is 53.9. The predicted molar refractivity (Wildman–Crippen MR) is 105 cm³/mol. The van der Waals surface area contributed by atoms with Crippen molar-refractivity contribution in [3.63, 3.8) is 0 Å². The third kappa shape index (κ3) is 3.65. The zero-order chi connectivity index (χ0) is 22.8. The molecule has 2 aliphatic heterocycles. The van der Waals surface area contributed by atoms with E-state index in [0.29, 0.717) is 5.92 Å². The Morgan fingerprint density at radius 1 is 1.00 bits per heavy atom. The van der Waals surface area contributed by atoms with E-state index in [9.17, 15) is 30.6 Å². The number of fused-ring (bicyclic) bond motifs is 2. The summed E-state index contributed by atoms with van der Waals surface area (Å²) in [7, 11) is 0. The van der Waals surface area contributed by atoms with E-state index >= 15 is 0 Å². The van der Waals surface area contributed by atoms with Crippen molar-refractivity contribution in [2.75, 3.05) is 19.8 Å². The van der Waals surface area contributed by atoms with E-state index in [4.69, 9.17) is 18.9 Å². The van der Waals surface area contributed by atoms with Crippen LogP contribution in [0, 0.1) is 16.7 Å². The maximum atomic E-state index is 10.5. The number of rotatable bonds is 6. The van der Waals surface area contributed by atoms with E-state index in [1.807, 2.05) is 0 Å². The van der Waals surface area contributed by atoms with Crippen LogP contribution < -0.4 is 0 Å². The molecule has 6 N–H and O–H groups in total. The Bertz CT molecular complexity index is 660. The first-order valence-corrected chi connectivity index (χ1v) is 11.0. The molecule has 11 atom stereocenters. The molecule has 2 bridgehead atoms. The highest BCUT2D eigenvalue weighted by Gasteiger charge is 2.63. The van der Waals surface area contributed by atoms with E-state index in [1.54, 1.807) is 0 Å². The summed E-state index contributed by atoms with van der Waals surface area (Å²) in [6.45, 7) is 5.36. The van der Waals surface area contributed by atoms with E-state index in [2.05, 4.69) is 20.8 Å². The van der Waals surface area contributed by atoms with Crippen molar-refractivity contribution in [1.29, 1.82) is 0 Å². The summed E-state index contributed by atoms with van der Waals surface area (Å²) in [5, 5.41) is 60.5. The summed E-state index contributed by atoms with van der Waals surface area (Å²) >= 11 is 0. The molecule has 4 aliphatic rings. The second-order valence-corrected chi connectivity index (χ2v) is 10.5. The van der Waals surface area contributed by atoms with Crippen LogP contribution in [-0.2, 0) is 18.9 Å². The van der Waals surface area contributed by atoms with Gasteiger partial charge in [-0.2, -0.15) is 0 Å². The van der Waals surface area contributed by atoms with Crippen molar-refractivity contribution >= 4 is 0 Å². The van der Waals surface area contributed by atoms with Crippen molar-refractivity contribution in [2.24, 2.45) is 16.7 Å². The Morgan fingerprint density at radius 2 is 1.71 bits per heavy atom. The Hall–Kier alpha value is -0.400. The number of aliphatic hydroxyl groups excluding tert-OH is 5. The topological polar surface area (TPSA) is 158 Å². The lowest BCUT2D eigenvalue weighted by molar-refractivity contribution is -0.326. The lowest BCUT2D eigenvalue weighted by Gasteiger charge is -2.45. The monoisotopic (exact) mass is 448 g/mol. The molecule has 2 saturated carbocycles. The van der Waals surface area contributed by atoms with Gasteiger partial charge in [-0.05, 0) is 36.0 Å². The molecule has 31 heavy (non-hydrogen) atoms. The third-order valence-corrected chi connectivity index (χ3v) is 8.69. The number of aliphatic hydroxyl groups is 6. The fourth-order valence-electron chi connectivity index (χ4n) is 5.79. The summed E-state index contributed by atoms with van der Waals surface area (Å²) < 4.78 is 22.6. The predicted octanol–water partition coefficient (Wildman–Crippen LogP) is -1.52. The minimum Gasteiger partial charge on any atom is -0.393 e. The van der Waals surface area contributed by atoms with Gasteiger partial charge in [-0.25, -0.2) is 0 Å². The summed E-state index contributed by atoms with van der Waals surface area (Å²) in [4.78, 5) is 0. The molecule has 0 spiro atoms. The van der Waals surface area contributed by atoms with Gasteiger partial charge >= 0.3 is 0 Å². The molecule has 2 aliphatic carbocycles. The number of hydrogen-bond acceptors (Lipinski definition) is 10. The van der Waals surface area contributed by atoms with E-state index < -0.39 is 55.3 Å². The van der Waals surface area contributed by atoms with Gasteiger partial charge in [-0.3, -0.25) is 0 Å². The van der Waals surface area contributed by atoms with Gasteiger partial charge in [0, 0.05) is 0 Å². The molecule has 2 heterocycles. The fraction of sp³-hybridized carbons (Fsp3) is 1.00. The average molecular weight is 449 g/mol. The van der Waals surface area contributed by atoms with E-state index in [1.165, 1.54) is 0 Å². The highest BCUT2D eigenvalue weighted by atomic mass is 16.7. The molecule has 4 rings (SSSR count). The van der Waals surface area contributed by atoms with Crippen LogP contribution in [0.4, 0.5) is 0 Å². The van der Waals surface area contributed by atoms with Crippen LogP contribution in [0.15, 0.2) is 0 Å². The smallest absolute Gasteiger partial charge is 0.186 e. The lowest BCUT2D eigenvalue weighted by Crippen LogP contribution is -2.60. The highest BCUT2D eigenvalue weighted by molar-refractivity contribution is 5.11. The van der Waals surface area contributed by atoms with Crippen LogP contribution in [-0.4, -0.2) is 105 Å². The largest absolute Gasteiger partial charge is 0.393 e. The summed E-state index contributed by atoms with van der Waals surface area (Å²) in [5.74, 6) is 0.518. The molecule has 0 aromatic heterocycles. The molecule has 0 aromatic rings. The molecule has 180 valence electrons. The Kier molecular flexibility index (Phi) is 6.22. The zero-order valence-electron chi connectivity index (χ0n) is 18.3. The number of hydrogen-bond donors (Lipinski definition) is 6. The average Bonchev–Trinajstić information content (AvgIpc) is 3.22. The van der Waals surface area contributed by atoms with E-state index in [-0.39, 0.29) is 30.1 Å². The van der Waals surface area contributed by atoms with Crippen molar-refractivity contribution in [3.05, 3.63) is 0 Å². The minimum absolute atomic E-state index is 0.0791. The quantitative estimate of drug-likeness (QED) is 0.282. The van der Waals surface area contributed by atoms with Crippen LogP contribution in [0.5, 0.6) is 0 Å². The second-order valence-electron chi connectivity index (χ2n) is 10.5. The maximum Gasteiger partial charge on any atom is 0.186 e. The summed E-state index contributed by atoms with van der Waals surface area (Å²) in [6, 6.07) is 0. The third-order valence-electron chi connectivity index (χ3n) is 8.69. The lowest BCUT2D eigenvalue weighted by atomic mass is 9.70. The first kappa shape index (κ1) is 23.7. The second kappa shape index (κ2) is 8.12. The standard InChI is InChI=1S/C21H36O10/c1-19(2)10-4-5-20(19,3)12(6-10)31-17-15(25)14(24)13(23)11(30-17)7-28-18-16(26)21(27,8-22)9-29-18/h10-18,22-27H,4-9H2,1-3H3/t10?,11-,12-,13-,14+,15-,16+,17+,18-,20?,21-/m1/s1. The first-order chi connectivity index (χ1) is 14.4. The van der Waals surface area contributed by atoms with Crippen LogP contribution in [0.25, 0.3) is 0 Å². The minimum atomic E-state index is -1.83. The molecule has 2 saturated heterocycles. The SMILES string of the molecule is CC1(C)C2CCC1(C)[C@H](O[C@@H]1O[C@H](CO[C@@H]3OC[C@](O)(CO)[C@H]3O)[C@@H](O)[C@H](O)[C@H]1O)C2. The fourth-order valence-corrected chi connectivity index (χ4v) is 5.79. The van der Waals surface area contributed by atoms with Crippen molar-refractivity contribution in [3.8, 4) is 0 Å². The van der Waals surface area contributed by atoms with Crippen LogP contribution in [0.1, 0.15) is 40.0 Å². The molecule has 10 heteroatoms.